The Labute approximate surface area is 116 Å². The average molecular weight is 260 g/mol. The number of hydrogen-bond donors (Lipinski definition) is 0. The van der Waals surface area contributed by atoms with E-state index in [0.29, 0.717) is 12.5 Å². The molecule has 2 rings (SSSR count). The fourth-order valence-corrected chi connectivity index (χ4v) is 2.61. The lowest BCUT2D eigenvalue weighted by Crippen LogP contribution is -2.48. The number of hydrogen-bond acceptors (Lipinski definition) is 3. The zero-order valence-electron chi connectivity index (χ0n) is 12.2. The van der Waals surface area contributed by atoms with Gasteiger partial charge >= 0.3 is 0 Å². The van der Waals surface area contributed by atoms with Crippen molar-refractivity contribution < 1.29 is 4.79 Å². The Hall–Kier alpha value is -1.35. The van der Waals surface area contributed by atoms with E-state index >= 15 is 0 Å². The van der Waals surface area contributed by atoms with Crippen LogP contribution in [0.5, 0.6) is 0 Å². The third-order valence-electron chi connectivity index (χ3n) is 3.80. The lowest BCUT2D eigenvalue weighted by Gasteiger charge is -2.38. The molecule has 1 aliphatic rings. The van der Waals surface area contributed by atoms with Crippen LogP contribution in [-0.4, -0.2) is 42.9 Å². The van der Waals surface area contributed by atoms with Crippen LogP contribution in [0.4, 0.5) is 5.69 Å². The van der Waals surface area contributed by atoms with Crippen LogP contribution in [0.1, 0.15) is 26.3 Å². The Morgan fingerprint density at radius 2 is 1.68 bits per heavy atom. The minimum atomic E-state index is 0.221. The molecule has 1 fully saturated rings. The van der Waals surface area contributed by atoms with Crippen LogP contribution in [0.25, 0.3) is 0 Å². The molecule has 0 unspecified atom stereocenters. The first-order chi connectivity index (χ1) is 9.06. The molecule has 0 aliphatic carbocycles. The van der Waals surface area contributed by atoms with Crippen LogP contribution in [0, 0.1) is 0 Å². The fourth-order valence-electron chi connectivity index (χ4n) is 2.61. The Morgan fingerprint density at radius 3 is 2.16 bits per heavy atom. The van der Waals surface area contributed by atoms with E-state index in [4.69, 9.17) is 0 Å². The van der Waals surface area contributed by atoms with E-state index in [1.54, 1.807) is 6.92 Å². The highest BCUT2D eigenvalue weighted by molar-refractivity contribution is 5.78. The zero-order chi connectivity index (χ0) is 13.8. The van der Waals surface area contributed by atoms with Crippen molar-refractivity contribution in [1.82, 2.24) is 4.90 Å². The predicted octanol–water partition coefficient (Wildman–Crippen LogP) is 2.35. The van der Waals surface area contributed by atoms with Crippen LogP contribution >= 0.6 is 0 Å². The molecule has 0 N–H and O–H groups in total. The summed E-state index contributed by atoms with van der Waals surface area (Å²) in [7, 11) is 0. The van der Waals surface area contributed by atoms with Gasteiger partial charge in [-0.3, -0.25) is 9.69 Å². The van der Waals surface area contributed by atoms with Gasteiger partial charge in [0.15, 0.2) is 0 Å². The molecule has 3 nitrogen and oxygen atoms in total. The van der Waals surface area contributed by atoms with E-state index in [0.717, 1.165) is 31.7 Å². The number of carbonyl (C=O) groups excluding carboxylic acids is 1. The molecule has 0 aromatic heterocycles. The van der Waals surface area contributed by atoms with E-state index in [2.05, 4.69) is 47.9 Å². The molecule has 0 amide bonds. The lowest BCUT2D eigenvalue weighted by atomic mass is 10.1. The smallest absolute Gasteiger partial charge is 0.134 e. The molecule has 1 aliphatic heterocycles. The number of piperazine rings is 1. The van der Waals surface area contributed by atoms with Gasteiger partial charge in [0, 0.05) is 44.3 Å². The predicted molar refractivity (Wildman–Crippen MR) is 79.7 cm³/mol. The molecule has 3 heteroatoms. The standard InChI is InChI=1S/C16H24N2O/c1-13(2)17-8-10-18(11-9-17)16-6-4-15(5-7-16)12-14(3)19/h4-7,13H,8-12H2,1-3H3. The van der Waals surface area contributed by atoms with Gasteiger partial charge in [0.25, 0.3) is 0 Å². The van der Waals surface area contributed by atoms with E-state index in [9.17, 15) is 4.79 Å². The number of nitrogens with zero attached hydrogens (tertiary/aromatic N) is 2. The maximum atomic E-state index is 11.1. The third-order valence-corrected chi connectivity index (χ3v) is 3.80. The highest BCUT2D eigenvalue weighted by atomic mass is 16.1. The third kappa shape index (κ3) is 3.80. The van der Waals surface area contributed by atoms with Crippen LogP contribution in [-0.2, 0) is 11.2 Å². The Kier molecular flexibility index (Phi) is 4.59. The Balaban J connectivity index is 1.94. The fraction of sp³-hybridized carbons (Fsp3) is 0.562. The van der Waals surface area contributed by atoms with Gasteiger partial charge in [0.05, 0.1) is 0 Å². The number of carbonyl (C=O) groups is 1. The van der Waals surface area contributed by atoms with Crippen molar-refractivity contribution in [3.05, 3.63) is 29.8 Å². The summed E-state index contributed by atoms with van der Waals surface area (Å²) in [5.41, 5.74) is 2.38. The first-order valence-corrected chi connectivity index (χ1v) is 7.13. The Morgan fingerprint density at radius 1 is 1.11 bits per heavy atom. The first kappa shape index (κ1) is 14.1. The van der Waals surface area contributed by atoms with Crippen molar-refractivity contribution in [3.63, 3.8) is 0 Å². The number of Topliss-reactive ketones (excluding diaryl/α,β-unsaturated/α-hetero) is 1. The second-order valence-corrected chi connectivity index (χ2v) is 5.66. The highest BCUT2D eigenvalue weighted by Crippen LogP contribution is 2.18. The molecule has 0 radical (unpaired) electrons. The van der Waals surface area contributed by atoms with Crippen LogP contribution in [0.2, 0.25) is 0 Å². The quantitative estimate of drug-likeness (QED) is 0.830. The molecule has 0 bridgehead atoms. The van der Waals surface area contributed by atoms with Crippen LogP contribution in [0.3, 0.4) is 0 Å². The number of anilines is 1. The monoisotopic (exact) mass is 260 g/mol. The van der Waals surface area contributed by atoms with E-state index < -0.39 is 0 Å². The van der Waals surface area contributed by atoms with Gasteiger partial charge in [0.2, 0.25) is 0 Å². The second kappa shape index (κ2) is 6.20. The SMILES string of the molecule is CC(=O)Cc1ccc(N2CCN(C(C)C)CC2)cc1. The zero-order valence-corrected chi connectivity index (χ0v) is 12.2. The molecule has 0 saturated carbocycles. The van der Waals surface area contributed by atoms with Gasteiger partial charge in [-0.2, -0.15) is 0 Å². The molecule has 104 valence electrons. The molecule has 1 heterocycles. The van der Waals surface area contributed by atoms with Gasteiger partial charge in [-0.15, -0.1) is 0 Å². The molecule has 1 aromatic carbocycles. The van der Waals surface area contributed by atoms with Gasteiger partial charge < -0.3 is 4.90 Å². The van der Waals surface area contributed by atoms with Crippen LogP contribution in [0.15, 0.2) is 24.3 Å². The first-order valence-electron chi connectivity index (χ1n) is 7.13. The molecule has 0 atom stereocenters. The second-order valence-electron chi connectivity index (χ2n) is 5.66. The van der Waals surface area contributed by atoms with Gasteiger partial charge in [-0.1, -0.05) is 12.1 Å². The van der Waals surface area contributed by atoms with E-state index in [1.807, 2.05) is 0 Å². The number of rotatable bonds is 4. The average Bonchev–Trinajstić information content (AvgIpc) is 2.39. The molecule has 19 heavy (non-hydrogen) atoms. The number of benzene rings is 1. The summed E-state index contributed by atoms with van der Waals surface area (Å²) in [5.74, 6) is 0.221. The van der Waals surface area contributed by atoms with Gasteiger partial charge in [0.1, 0.15) is 5.78 Å². The van der Waals surface area contributed by atoms with Crippen molar-refractivity contribution in [3.8, 4) is 0 Å². The summed E-state index contributed by atoms with van der Waals surface area (Å²) >= 11 is 0. The van der Waals surface area contributed by atoms with Gasteiger partial charge in [-0.25, -0.2) is 0 Å². The van der Waals surface area contributed by atoms with Crippen molar-refractivity contribution in [2.75, 3.05) is 31.1 Å². The van der Waals surface area contributed by atoms with E-state index in [-0.39, 0.29) is 5.78 Å². The van der Waals surface area contributed by atoms with Crippen molar-refractivity contribution >= 4 is 11.5 Å². The molecule has 0 spiro atoms. The largest absolute Gasteiger partial charge is 0.369 e. The molecular formula is C16H24N2O. The molecule has 1 aromatic rings. The summed E-state index contributed by atoms with van der Waals surface area (Å²) in [4.78, 5) is 16.0. The minimum Gasteiger partial charge on any atom is -0.369 e. The van der Waals surface area contributed by atoms with Crippen LogP contribution < -0.4 is 4.90 Å². The van der Waals surface area contributed by atoms with E-state index in [1.165, 1.54) is 5.69 Å². The summed E-state index contributed by atoms with van der Waals surface area (Å²) in [6, 6.07) is 9.07. The maximum absolute atomic E-state index is 11.1. The van der Waals surface area contributed by atoms with Gasteiger partial charge in [-0.05, 0) is 38.5 Å². The minimum absolute atomic E-state index is 0.221. The summed E-state index contributed by atoms with van der Waals surface area (Å²) in [5, 5.41) is 0. The summed E-state index contributed by atoms with van der Waals surface area (Å²) in [6.45, 7) is 10.6. The molecular weight excluding hydrogens is 236 g/mol. The maximum Gasteiger partial charge on any atom is 0.134 e. The summed E-state index contributed by atoms with van der Waals surface area (Å²) < 4.78 is 0. The lowest BCUT2D eigenvalue weighted by molar-refractivity contribution is -0.116. The highest BCUT2D eigenvalue weighted by Gasteiger charge is 2.18. The topological polar surface area (TPSA) is 23.6 Å². The van der Waals surface area contributed by atoms with Crippen molar-refractivity contribution in [2.24, 2.45) is 0 Å². The summed E-state index contributed by atoms with van der Waals surface area (Å²) in [6.07, 6.45) is 0.543. The normalized spacial score (nSPS) is 16.9. The number of ketones is 1. The van der Waals surface area contributed by atoms with Crippen molar-refractivity contribution in [2.45, 2.75) is 33.2 Å². The van der Waals surface area contributed by atoms with Crippen molar-refractivity contribution in [1.29, 1.82) is 0 Å². The Bertz CT molecular complexity index is 417. The molecule has 1 saturated heterocycles.